The fourth-order valence-electron chi connectivity index (χ4n) is 2.38. The highest BCUT2D eigenvalue weighted by Crippen LogP contribution is 2.38. The molecule has 6 heteroatoms. The van der Waals surface area contributed by atoms with Gasteiger partial charge in [0.2, 0.25) is 0 Å². The second-order valence-electron chi connectivity index (χ2n) is 5.09. The van der Waals surface area contributed by atoms with Crippen LogP contribution in [0.15, 0.2) is 18.2 Å². The first-order valence-electron chi connectivity index (χ1n) is 6.06. The predicted octanol–water partition coefficient (Wildman–Crippen LogP) is 2.63. The van der Waals surface area contributed by atoms with Gasteiger partial charge in [0.05, 0.1) is 5.54 Å². The number of rotatable bonds is 3. The van der Waals surface area contributed by atoms with Crippen molar-refractivity contribution in [3.8, 4) is 0 Å². The molecule has 2 atom stereocenters. The molecule has 0 aromatic heterocycles. The van der Waals surface area contributed by atoms with Crippen LogP contribution in [0.3, 0.4) is 0 Å². The van der Waals surface area contributed by atoms with Crippen molar-refractivity contribution >= 4 is 5.69 Å². The number of nitrogens with one attached hydrogen (secondary N) is 1. The Hall–Kier alpha value is -1.30. The SMILES string of the molecule is Nc1ccc(F)c([C@]2(CF)CC[C@@](F)(CF)CN2)c1. The van der Waals surface area contributed by atoms with Gasteiger partial charge < -0.3 is 11.1 Å². The van der Waals surface area contributed by atoms with Crippen LogP contribution in [-0.2, 0) is 5.54 Å². The third-order valence-corrected chi connectivity index (χ3v) is 3.72. The highest BCUT2D eigenvalue weighted by Gasteiger charge is 2.45. The number of piperidine rings is 1. The summed E-state index contributed by atoms with van der Waals surface area (Å²) in [5, 5.41) is 2.62. The third kappa shape index (κ3) is 2.54. The molecule has 1 heterocycles. The average molecular weight is 276 g/mol. The van der Waals surface area contributed by atoms with Gasteiger partial charge in [-0.15, -0.1) is 0 Å². The van der Waals surface area contributed by atoms with E-state index in [4.69, 9.17) is 5.73 Å². The van der Waals surface area contributed by atoms with E-state index in [0.29, 0.717) is 5.69 Å². The minimum absolute atomic E-state index is 0.0235. The van der Waals surface area contributed by atoms with E-state index in [9.17, 15) is 17.6 Å². The summed E-state index contributed by atoms with van der Waals surface area (Å²) < 4.78 is 53.6. The molecule has 19 heavy (non-hydrogen) atoms. The Balaban J connectivity index is 2.32. The summed E-state index contributed by atoms with van der Waals surface area (Å²) in [4.78, 5) is 0. The Morgan fingerprint density at radius 3 is 2.47 bits per heavy atom. The first kappa shape index (κ1) is 14.1. The van der Waals surface area contributed by atoms with Crippen LogP contribution in [0.5, 0.6) is 0 Å². The van der Waals surface area contributed by atoms with Crippen LogP contribution in [0.2, 0.25) is 0 Å². The Morgan fingerprint density at radius 1 is 1.21 bits per heavy atom. The molecule has 106 valence electrons. The number of nitrogens with two attached hydrogens (primary N) is 1. The summed E-state index contributed by atoms with van der Waals surface area (Å²) >= 11 is 0. The lowest BCUT2D eigenvalue weighted by Gasteiger charge is -2.42. The topological polar surface area (TPSA) is 38.0 Å². The molecule has 2 rings (SSSR count). The van der Waals surface area contributed by atoms with Gasteiger partial charge in [0, 0.05) is 17.8 Å². The van der Waals surface area contributed by atoms with E-state index in [1.165, 1.54) is 12.1 Å². The molecule has 1 aliphatic rings. The fourth-order valence-corrected chi connectivity index (χ4v) is 2.38. The second kappa shape index (κ2) is 5.00. The Morgan fingerprint density at radius 2 is 1.95 bits per heavy atom. The summed E-state index contributed by atoms with van der Waals surface area (Å²) in [5.74, 6) is -0.606. The monoisotopic (exact) mass is 276 g/mol. The van der Waals surface area contributed by atoms with Gasteiger partial charge in [-0.3, -0.25) is 0 Å². The number of hydrogen-bond donors (Lipinski definition) is 2. The highest BCUT2D eigenvalue weighted by atomic mass is 19.2. The fraction of sp³-hybridized carbons (Fsp3) is 0.538. The molecule has 0 bridgehead atoms. The van der Waals surface area contributed by atoms with Crippen molar-refractivity contribution in [1.29, 1.82) is 0 Å². The van der Waals surface area contributed by atoms with Crippen LogP contribution in [-0.4, -0.2) is 25.6 Å². The van der Waals surface area contributed by atoms with Crippen molar-refractivity contribution in [2.75, 3.05) is 25.6 Å². The van der Waals surface area contributed by atoms with Gasteiger partial charge in [0.1, 0.15) is 19.2 Å². The molecule has 0 aliphatic carbocycles. The highest BCUT2D eigenvalue weighted by molar-refractivity contribution is 5.44. The largest absolute Gasteiger partial charge is 0.399 e. The summed E-state index contributed by atoms with van der Waals surface area (Å²) in [5.41, 5.74) is 2.61. The van der Waals surface area contributed by atoms with Gasteiger partial charge in [0.25, 0.3) is 0 Å². The predicted molar refractivity (Wildman–Crippen MR) is 65.5 cm³/mol. The van der Waals surface area contributed by atoms with E-state index in [1.54, 1.807) is 0 Å². The number of alkyl halides is 3. The van der Waals surface area contributed by atoms with E-state index in [0.717, 1.165) is 6.07 Å². The molecular weight excluding hydrogens is 260 g/mol. The van der Waals surface area contributed by atoms with Crippen LogP contribution < -0.4 is 11.1 Å². The normalized spacial score (nSPS) is 31.4. The van der Waals surface area contributed by atoms with Crippen LogP contribution in [0, 0.1) is 5.82 Å². The van der Waals surface area contributed by atoms with E-state index in [2.05, 4.69) is 5.32 Å². The molecular formula is C13H16F4N2. The van der Waals surface area contributed by atoms with Crippen molar-refractivity contribution in [3.05, 3.63) is 29.6 Å². The van der Waals surface area contributed by atoms with Gasteiger partial charge in [-0.25, -0.2) is 17.6 Å². The number of halogens is 4. The number of nitrogen functional groups attached to an aromatic ring is 1. The molecule has 0 saturated carbocycles. The molecule has 1 fully saturated rings. The number of hydrogen-bond acceptors (Lipinski definition) is 2. The molecule has 2 nitrogen and oxygen atoms in total. The average Bonchev–Trinajstić information content (AvgIpc) is 2.43. The lowest BCUT2D eigenvalue weighted by molar-refractivity contribution is 0.0359. The quantitative estimate of drug-likeness (QED) is 0.658. The van der Waals surface area contributed by atoms with Crippen molar-refractivity contribution in [1.82, 2.24) is 5.32 Å². The first-order chi connectivity index (χ1) is 8.95. The zero-order valence-corrected chi connectivity index (χ0v) is 10.4. The van der Waals surface area contributed by atoms with Crippen LogP contribution in [0.1, 0.15) is 18.4 Å². The molecule has 1 aromatic rings. The van der Waals surface area contributed by atoms with Crippen molar-refractivity contribution in [2.24, 2.45) is 0 Å². The van der Waals surface area contributed by atoms with Gasteiger partial charge in [0.15, 0.2) is 5.67 Å². The lowest BCUT2D eigenvalue weighted by atomic mass is 9.79. The van der Waals surface area contributed by atoms with Gasteiger partial charge >= 0.3 is 0 Å². The molecule has 3 N–H and O–H groups in total. The summed E-state index contributed by atoms with van der Waals surface area (Å²) in [6, 6.07) is 3.85. The molecule has 0 unspecified atom stereocenters. The summed E-state index contributed by atoms with van der Waals surface area (Å²) in [7, 11) is 0. The van der Waals surface area contributed by atoms with E-state index in [-0.39, 0.29) is 24.9 Å². The van der Waals surface area contributed by atoms with Gasteiger partial charge in [-0.1, -0.05) is 0 Å². The Bertz CT molecular complexity index is 456. The van der Waals surface area contributed by atoms with Crippen molar-refractivity contribution < 1.29 is 17.6 Å². The van der Waals surface area contributed by atoms with E-state index >= 15 is 0 Å². The Kier molecular flexibility index (Phi) is 3.71. The lowest BCUT2D eigenvalue weighted by Crippen LogP contribution is -2.56. The first-order valence-corrected chi connectivity index (χ1v) is 6.06. The molecule has 1 aromatic carbocycles. The zero-order chi connectivity index (χ0) is 14.1. The minimum Gasteiger partial charge on any atom is -0.399 e. The van der Waals surface area contributed by atoms with Crippen molar-refractivity contribution in [2.45, 2.75) is 24.0 Å². The molecule has 1 saturated heterocycles. The molecule has 0 amide bonds. The maximum atomic E-state index is 13.8. The molecule has 0 radical (unpaired) electrons. The standard InChI is InChI=1S/C13H16F4N2/c14-6-12(17)3-4-13(7-15,19-8-12)10-5-9(18)1-2-11(10)16/h1-2,5,19H,3-4,6-8,18H2/t12-,13-/m1/s1. The second-order valence-corrected chi connectivity index (χ2v) is 5.09. The number of anilines is 1. The maximum Gasteiger partial charge on any atom is 0.151 e. The van der Waals surface area contributed by atoms with Crippen LogP contribution in [0.25, 0.3) is 0 Å². The van der Waals surface area contributed by atoms with Crippen LogP contribution in [0.4, 0.5) is 23.2 Å². The van der Waals surface area contributed by atoms with E-state index in [1.807, 2.05) is 0 Å². The van der Waals surface area contributed by atoms with E-state index < -0.39 is 30.4 Å². The summed E-state index contributed by atoms with van der Waals surface area (Å²) in [6.07, 6.45) is -0.182. The summed E-state index contributed by atoms with van der Waals surface area (Å²) in [6.45, 7) is -2.39. The maximum absolute atomic E-state index is 13.8. The number of benzene rings is 1. The molecule has 0 spiro atoms. The molecule has 1 aliphatic heterocycles. The van der Waals surface area contributed by atoms with Gasteiger partial charge in [-0.2, -0.15) is 0 Å². The zero-order valence-electron chi connectivity index (χ0n) is 10.4. The van der Waals surface area contributed by atoms with Crippen molar-refractivity contribution in [3.63, 3.8) is 0 Å². The third-order valence-electron chi connectivity index (χ3n) is 3.72. The van der Waals surface area contributed by atoms with Crippen LogP contribution >= 0.6 is 0 Å². The van der Waals surface area contributed by atoms with Gasteiger partial charge in [-0.05, 0) is 31.0 Å². The minimum atomic E-state index is -2.00. The smallest absolute Gasteiger partial charge is 0.151 e. The Labute approximate surface area is 109 Å².